The molecule has 1 fully saturated rings. The number of anilines is 1. The number of likely N-dealkylation sites (tertiary alicyclic amines) is 1. The molecule has 0 bridgehead atoms. The highest BCUT2D eigenvalue weighted by Crippen LogP contribution is 2.15. The Balaban J connectivity index is 1.81. The molecule has 0 aromatic heterocycles. The molecule has 1 heterocycles. The molecule has 1 aromatic carbocycles. The molecule has 25 heavy (non-hydrogen) atoms. The largest absolute Gasteiger partial charge is 0.394 e. The zero-order valence-electron chi connectivity index (χ0n) is 15.6. The number of amides is 1. The zero-order chi connectivity index (χ0) is 18.2. The zero-order valence-corrected chi connectivity index (χ0v) is 15.6. The monoisotopic (exact) mass is 349 g/mol. The lowest BCUT2D eigenvalue weighted by molar-refractivity contribution is -0.132. The van der Waals surface area contributed by atoms with E-state index in [-0.39, 0.29) is 18.6 Å². The third-order valence-electron chi connectivity index (χ3n) is 4.56. The van der Waals surface area contributed by atoms with Gasteiger partial charge < -0.3 is 19.6 Å². The molecule has 1 unspecified atom stereocenters. The number of carbonyl (C=O) groups is 1. The van der Waals surface area contributed by atoms with E-state index in [1.54, 1.807) is 4.90 Å². The minimum atomic E-state index is 0.0464. The molecule has 2 rings (SSSR count). The number of nitrogens with zero attached hydrogens (tertiary/aromatic N) is 3. The lowest BCUT2D eigenvalue weighted by atomic mass is 10.1. The maximum absolute atomic E-state index is 12.5. The number of hydrogen-bond acceptors (Lipinski definition) is 5. The summed E-state index contributed by atoms with van der Waals surface area (Å²) >= 11 is 0. The number of rotatable bonds is 8. The van der Waals surface area contributed by atoms with Crippen LogP contribution >= 0.6 is 0 Å². The summed E-state index contributed by atoms with van der Waals surface area (Å²) in [6, 6.07) is 8.28. The van der Waals surface area contributed by atoms with E-state index in [9.17, 15) is 4.79 Å². The van der Waals surface area contributed by atoms with Gasteiger partial charge in [0.1, 0.15) is 0 Å². The van der Waals surface area contributed by atoms with Gasteiger partial charge >= 0.3 is 0 Å². The molecule has 0 saturated carbocycles. The Morgan fingerprint density at radius 1 is 1.28 bits per heavy atom. The number of ether oxygens (including phenoxy) is 1. The highest BCUT2D eigenvalue weighted by Gasteiger charge is 2.23. The second-order valence-electron chi connectivity index (χ2n) is 6.90. The van der Waals surface area contributed by atoms with Crippen molar-refractivity contribution in [2.45, 2.75) is 25.5 Å². The first-order valence-electron chi connectivity index (χ1n) is 8.94. The van der Waals surface area contributed by atoms with Gasteiger partial charge in [0.25, 0.3) is 0 Å². The SMILES string of the molecule is CN(Cc1ccc(N(C)C)cc1)C(=O)CN1CCCC(OCCO)C1. The highest BCUT2D eigenvalue weighted by atomic mass is 16.5. The van der Waals surface area contributed by atoms with Crippen LogP contribution in [-0.4, -0.2) is 80.9 Å². The molecule has 6 heteroatoms. The van der Waals surface area contributed by atoms with E-state index in [2.05, 4.69) is 34.1 Å². The van der Waals surface area contributed by atoms with Crippen LogP contribution in [0.15, 0.2) is 24.3 Å². The van der Waals surface area contributed by atoms with Gasteiger partial charge in [0.05, 0.1) is 25.9 Å². The van der Waals surface area contributed by atoms with Gasteiger partial charge in [0, 0.05) is 39.9 Å². The van der Waals surface area contributed by atoms with E-state index >= 15 is 0 Å². The maximum Gasteiger partial charge on any atom is 0.236 e. The standard InChI is InChI=1S/C19H31N3O3/c1-20(2)17-8-6-16(7-9-17)13-21(3)19(24)15-22-10-4-5-18(14-22)25-12-11-23/h6-9,18,23H,4-5,10-15H2,1-3H3. The smallest absolute Gasteiger partial charge is 0.236 e. The van der Waals surface area contributed by atoms with E-state index in [4.69, 9.17) is 9.84 Å². The normalized spacial score (nSPS) is 18.2. The van der Waals surface area contributed by atoms with Gasteiger partial charge in [-0.2, -0.15) is 0 Å². The van der Waals surface area contributed by atoms with Crippen molar-refractivity contribution < 1.29 is 14.6 Å². The van der Waals surface area contributed by atoms with Gasteiger partial charge in [0.2, 0.25) is 5.91 Å². The molecule has 0 spiro atoms. The van der Waals surface area contributed by atoms with Crippen molar-refractivity contribution in [1.29, 1.82) is 0 Å². The van der Waals surface area contributed by atoms with Crippen LogP contribution in [0.3, 0.4) is 0 Å². The second kappa shape index (κ2) is 9.75. The Labute approximate surface area is 151 Å². The fourth-order valence-electron chi connectivity index (χ4n) is 3.09. The Morgan fingerprint density at radius 3 is 2.64 bits per heavy atom. The average molecular weight is 349 g/mol. The summed E-state index contributed by atoms with van der Waals surface area (Å²) in [5.41, 5.74) is 2.28. The highest BCUT2D eigenvalue weighted by molar-refractivity contribution is 5.78. The fraction of sp³-hybridized carbons (Fsp3) is 0.632. The van der Waals surface area contributed by atoms with Gasteiger partial charge in [-0.05, 0) is 37.1 Å². The third-order valence-corrected chi connectivity index (χ3v) is 4.56. The molecule has 0 aliphatic carbocycles. The van der Waals surface area contributed by atoms with Crippen LogP contribution in [0.5, 0.6) is 0 Å². The van der Waals surface area contributed by atoms with E-state index < -0.39 is 0 Å². The van der Waals surface area contributed by atoms with Gasteiger partial charge in [-0.1, -0.05) is 12.1 Å². The number of benzene rings is 1. The maximum atomic E-state index is 12.5. The molecule has 0 radical (unpaired) electrons. The molecular weight excluding hydrogens is 318 g/mol. The Bertz CT molecular complexity index is 533. The summed E-state index contributed by atoms with van der Waals surface area (Å²) in [7, 11) is 5.88. The number of aliphatic hydroxyl groups is 1. The van der Waals surface area contributed by atoms with E-state index in [1.165, 1.54) is 0 Å². The van der Waals surface area contributed by atoms with Crippen LogP contribution in [0.4, 0.5) is 5.69 Å². The molecule has 1 aliphatic rings. The number of hydrogen-bond donors (Lipinski definition) is 1. The summed E-state index contributed by atoms with van der Waals surface area (Å²) in [6.07, 6.45) is 2.15. The molecule has 1 aliphatic heterocycles. The van der Waals surface area contributed by atoms with Gasteiger partial charge in [0.15, 0.2) is 0 Å². The summed E-state index contributed by atoms with van der Waals surface area (Å²) in [5.74, 6) is 0.125. The van der Waals surface area contributed by atoms with Crippen molar-refractivity contribution in [2.75, 3.05) is 58.9 Å². The fourth-order valence-corrected chi connectivity index (χ4v) is 3.09. The molecule has 1 N–H and O–H groups in total. The number of piperidine rings is 1. The summed E-state index contributed by atoms with van der Waals surface area (Å²) < 4.78 is 5.61. The van der Waals surface area contributed by atoms with Crippen molar-refractivity contribution in [3.63, 3.8) is 0 Å². The van der Waals surface area contributed by atoms with Crippen LogP contribution in [0.25, 0.3) is 0 Å². The minimum Gasteiger partial charge on any atom is -0.394 e. The van der Waals surface area contributed by atoms with Gasteiger partial charge in [-0.25, -0.2) is 0 Å². The lowest BCUT2D eigenvalue weighted by Crippen LogP contribution is -2.45. The number of likely N-dealkylation sites (N-methyl/N-ethyl adjacent to an activating group) is 1. The Morgan fingerprint density at radius 2 is 2.00 bits per heavy atom. The summed E-state index contributed by atoms with van der Waals surface area (Å²) in [6.45, 7) is 3.14. The van der Waals surface area contributed by atoms with Crippen molar-refractivity contribution in [1.82, 2.24) is 9.80 Å². The summed E-state index contributed by atoms with van der Waals surface area (Å²) in [4.78, 5) is 18.5. The molecular formula is C19H31N3O3. The number of aliphatic hydroxyl groups excluding tert-OH is 1. The van der Waals surface area contributed by atoms with Gasteiger partial charge in [-0.3, -0.25) is 9.69 Å². The van der Waals surface area contributed by atoms with E-state index in [0.29, 0.717) is 19.7 Å². The van der Waals surface area contributed by atoms with Crippen LogP contribution in [-0.2, 0) is 16.1 Å². The van der Waals surface area contributed by atoms with Crippen molar-refractivity contribution in [3.8, 4) is 0 Å². The third kappa shape index (κ3) is 6.30. The predicted molar refractivity (Wildman–Crippen MR) is 99.7 cm³/mol. The molecule has 1 aromatic rings. The lowest BCUT2D eigenvalue weighted by Gasteiger charge is -2.33. The van der Waals surface area contributed by atoms with E-state index in [0.717, 1.165) is 37.2 Å². The number of carbonyl (C=O) groups excluding carboxylic acids is 1. The molecule has 6 nitrogen and oxygen atoms in total. The van der Waals surface area contributed by atoms with Gasteiger partial charge in [-0.15, -0.1) is 0 Å². The first-order chi connectivity index (χ1) is 12.0. The predicted octanol–water partition coefficient (Wildman–Crippen LogP) is 1.18. The topological polar surface area (TPSA) is 56.2 Å². The molecule has 1 atom stereocenters. The van der Waals surface area contributed by atoms with Crippen LogP contribution in [0, 0.1) is 0 Å². The van der Waals surface area contributed by atoms with E-state index in [1.807, 2.05) is 21.1 Å². The quantitative estimate of drug-likeness (QED) is 0.764. The van der Waals surface area contributed by atoms with Crippen LogP contribution in [0.2, 0.25) is 0 Å². The van der Waals surface area contributed by atoms with Crippen molar-refractivity contribution in [2.24, 2.45) is 0 Å². The average Bonchev–Trinajstić information content (AvgIpc) is 2.60. The Kier molecular flexibility index (Phi) is 7.68. The van der Waals surface area contributed by atoms with Crippen LogP contribution < -0.4 is 4.90 Å². The molecule has 1 saturated heterocycles. The van der Waals surface area contributed by atoms with Crippen molar-refractivity contribution in [3.05, 3.63) is 29.8 Å². The summed E-state index contributed by atoms with van der Waals surface area (Å²) in [5, 5.41) is 8.87. The molecule has 140 valence electrons. The first kappa shape index (κ1) is 19.7. The van der Waals surface area contributed by atoms with Crippen LogP contribution in [0.1, 0.15) is 18.4 Å². The minimum absolute atomic E-state index is 0.0464. The first-order valence-corrected chi connectivity index (χ1v) is 8.94. The van der Waals surface area contributed by atoms with Crippen molar-refractivity contribution >= 4 is 11.6 Å². The molecule has 1 amide bonds. The second-order valence-corrected chi connectivity index (χ2v) is 6.90. The Hall–Kier alpha value is -1.63.